The van der Waals surface area contributed by atoms with Crippen molar-refractivity contribution in [1.82, 2.24) is 4.98 Å². The number of benzene rings is 3. The summed E-state index contributed by atoms with van der Waals surface area (Å²) in [5.74, 6) is -0.426. The summed E-state index contributed by atoms with van der Waals surface area (Å²) < 4.78 is 0. The van der Waals surface area contributed by atoms with Gasteiger partial charge in [0.15, 0.2) is 5.13 Å². The molecule has 4 aromatic rings. The number of amides is 1. The van der Waals surface area contributed by atoms with Crippen LogP contribution in [-0.4, -0.2) is 10.9 Å². The quantitative estimate of drug-likeness (QED) is 0.426. The van der Waals surface area contributed by atoms with Gasteiger partial charge < -0.3 is 0 Å². The van der Waals surface area contributed by atoms with Gasteiger partial charge in [-0.3, -0.25) is 9.69 Å². The highest BCUT2D eigenvalue weighted by molar-refractivity contribution is 7.14. The maximum Gasteiger partial charge on any atom is 0.245 e. The van der Waals surface area contributed by atoms with E-state index >= 15 is 0 Å². The summed E-state index contributed by atoms with van der Waals surface area (Å²) >= 11 is 1.48. The zero-order chi connectivity index (χ0) is 19.3. The number of carbonyl (C=O) groups excluding carboxylic acids is 1. The first-order valence-electron chi connectivity index (χ1n) is 9.15. The molecule has 28 heavy (non-hydrogen) atoms. The molecular formula is C24H20N2OS. The Bertz CT molecular complexity index is 1010. The molecule has 0 saturated heterocycles. The summed E-state index contributed by atoms with van der Waals surface area (Å²) in [4.78, 5) is 20.3. The lowest BCUT2D eigenvalue weighted by Crippen LogP contribution is -2.32. The number of carbonyl (C=O) groups is 1. The second-order valence-corrected chi connectivity index (χ2v) is 7.37. The van der Waals surface area contributed by atoms with E-state index in [0.29, 0.717) is 5.13 Å². The standard InChI is InChI=1S/C24H20N2OS/c1-18-17-28-24(25-18)26(21-15-9-4-10-16-21)23(27)22(19-11-5-2-6-12-19)20-13-7-3-8-14-20/h2-17,22H,1H3. The molecule has 0 aliphatic carbocycles. The lowest BCUT2D eigenvalue weighted by atomic mass is 9.90. The van der Waals surface area contributed by atoms with E-state index in [-0.39, 0.29) is 5.91 Å². The first-order valence-corrected chi connectivity index (χ1v) is 10.0. The third kappa shape index (κ3) is 3.73. The molecule has 0 spiro atoms. The van der Waals surface area contributed by atoms with E-state index in [9.17, 15) is 4.79 Å². The van der Waals surface area contributed by atoms with E-state index in [1.807, 2.05) is 103 Å². The van der Waals surface area contributed by atoms with Crippen LogP contribution in [0.25, 0.3) is 0 Å². The number of thiazole rings is 1. The summed E-state index contributed by atoms with van der Waals surface area (Å²) in [6, 6.07) is 29.6. The van der Waals surface area contributed by atoms with E-state index in [4.69, 9.17) is 0 Å². The predicted octanol–water partition coefficient (Wildman–Crippen LogP) is 5.95. The van der Waals surface area contributed by atoms with E-state index in [0.717, 1.165) is 22.5 Å². The molecule has 0 N–H and O–H groups in total. The van der Waals surface area contributed by atoms with Crippen LogP contribution in [0.4, 0.5) is 10.8 Å². The molecule has 0 bridgehead atoms. The Hall–Kier alpha value is -3.24. The predicted molar refractivity (Wildman–Crippen MR) is 115 cm³/mol. The Kier molecular flexibility index (Phi) is 5.31. The van der Waals surface area contributed by atoms with Crippen molar-refractivity contribution in [2.24, 2.45) is 0 Å². The monoisotopic (exact) mass is 384 g/mol. The number of hydrogen-bond donors (Lipinski definition) is 0. The minimum absolute atomic E-state index is 0.0158. The Morgan fingerprint density at radius 3 is 1.79 bits per heavy atom. The van der Waals surface area contributed by atoms with Crippen LogP contribution in [0.2, 0.25) is 0 Å². The summed E-state index contributed by atoms with van der Waals surface area (Å²) in [5.41, 5.74) is 3.66. The molecule has 4 rings (SSSR count). The van der Waals surface area contributed by atoms with Crippen LogP contribution in [0.1, 0.15) is 22.7 Å². The van der Waals surface area contributed by atoms with Gasteiger partial charge in [-0.1, -0.05) is 78.9 Å². The molecular weight excluding hydrogens is 364 g/mol. The van der Waals surface area contributed by atoms with E-state index < -0.39 is 5.92 Å². The topological polar surface area (TPSA) is 33.2 Å². The molecule has 0 atom stereocenters. The largest absolute Gasteiger partial charge is 0.273 e. The molecule has 1 amide bonds. The molecule has 0 aliphatic heterocycles. The van der Waals surface area contributed by atoms with E-state index in [1.165, 1.54) is 11.3 Å². The lowest BCUT2D eigenvalue weighted by molar-refractivity contribution is -0.118. The number of aryl methyl sites for hydroxylation is 1. The van der Waals surface area contributed by atoms with Crippen molar-refractivity contribution in [2.45, 2.75) is 12.8 Å². The van der Waals surface area contributed by atoms with Crippen LogP contribution in [0, 0.1) is 6.92 Å². The van der Waals surface area contributed by atoms with Gasteiger partial charge in [0, 0.05) is 5.38 Å². The third-order valence-corrected chi connectivity index (χ3v) is 5.49. The molecule has 3 aromatic carbocycles. The van der Waals surface area contributed by atoms with Crippen molar-refractivity contribution in [3.63, 3.8) is 0 Å². The van der Waals surface area contributed by atoms with Crippen LogP contribution in [0.3, 0.4) is 0 Å². The highest BCUT2D eigenvalue weighted by Crippen LogP contribution is 2.35. The number of hydrogen-bond acceptors (Lipinski definition) is 3. The van der Waals surface area contributed by atoms with Crippen molar-refractivity contribution >= 4 is 28.1 Å². The van der Waals surface area contributed by atoms with Crippen molar-refractivity contribution < 1.29 is 4.79 Å². The molecule has 0 saturated carbocycles. The van der Waals surface area contributed by atoms with E-state index in [1.54, 1.807) is 4.90 Å². The molecule has 1 aromatic heterocycles. The smallest absolute Gasteiger partial charge is 0.245 e. The van der Waals surface area contributed by atoms with Gasteiger partial charge in [-0.2, -0.15) is 0 Å². The van der Waals surface area contributed by atoms with Gasteiger partial charge in [0.1, 0.15) is 0 Å². The van der Waals surface area contributed by atoms with Gasteiger partial charge in [-0.05, 0) is 30.2 Å². The fourth-order valence-electron chi connectivity index (χ4n) is 3.25. The van der Waals surface area contributed by atoms with Crippen molar-refractivity contribution in [1.29, 1.82) is 0 Å². The average molecular weight is 385 g/mol. The minimum Gasteiger partial charge on any atom is -0.273 e. The van der Waals surface area contributed by atoms with Crippen LogP contribution in [0.5, 0.6) is 0 Å². The minimum atomic E-state index is -0.410. The summed E-state index contributed by atoms with van der Waals surface area (Å²) in [5, 5.41) is 2.66. The summed E-state index contributed by atoms with van der Waals surface area (Å²) in [6.45, 7) is 1.94. The Morgan fingerprint density at radius 2 is 1.32 bits per heavy atom. The fourth-order valence-corrected chi connectivity index (χ4v) is 4.08. The maximum atomic E-state index is 13.9. The first kappa shape index (κ1) is 18.1. The number of para-hydroxylation sites is 1. The second-order valence-electron chi connectivity index (χ2n) is 6.54. The van der Waals surface area contributed by atoms with Crippen LogP contribution < -0.4 is 4.90 Å². The average Bonchev–Trinajstić information content (AvgIpc) is 3.16. The Balaban J connectivity index is 1.85. The Labute approximate surface area is 168 Å². The normalized spacial score (nSPS) is 10.8. The number of nitrogens with zero attached hydrogens (tertiary/aromatic N) is 2. The van der Waals surface area contributed by atoms with Gasteiger partial charge in [0.2, 0.25) is 5.91 Å². The number of aromatic nitrogens is 1. The first-order chi connectivity index (χ1) is 13.7. The molecule has 0 aliphatic rings. The molecule has 138 valence electrons. The van der Waals surface area contributed by atoms with Gasteiger partial charge in [0.25, 0.3) is 0 Å². The molecule has 0 fully saturated rings. The fraction of sp³-hybridized carbons (Fsp3) is 0.0833. The highest BCUT2D eigenvalue weighted by atomic mass is 32.1. The molecule has 0 radical (unpaired) electrons. The van der Waals surface area contributed by atoms with Crippen molar-refractivity contribution in [2.75, 3.05) is 4.90 Å². The van der Waals surface area contributed by atoms with Gasteiger partial charge >= 0.3 is 0 Å². The Morgan fingerprint density at radius 1 is 0.821 bits per heavy atom. The summed E-state index contributed by atoms with van der Waals surface area (Å²) in [6.07, 6.45) is 0. The zero-order valence-corrected chi connectivity index (χ0v) is 16.3. The molecule has 0 unspecified atom stereocenters. The second kappa shape index (κ2) is 8.19. The molecule has 3 nitrogen and oxygen atoms in total. The third-order valence-electron chi connectivity index (χ3n) is 4.55. The number of rotatable bonds is 5. The van der Waals surface area contributed by atoms with Crippen LogP contribution in [0.15, 0.2) is 96.4 Å². The zero-order valence-electron chi connectivity index (χ0n) is 15.5. The number of anilines is 2. The van der Waals surface area contributed by atoms with E-state index in [2.05, 4.69) is 4.98 Å². The van der Waals surface area contributed by atoms with Crippen LogP contribution >= 0.6 is 11.3 Å². The summed E-state index contributed by atoms with van der Waals surface area (Å²) in [7, 11) is 0. The lowest BCUT2D eigenvalue weighted by Gasteiger charge is -2.26. The molecule has 4 heteroatoms. The highest BCUT2D eigenvalue weighted by Gasteiger charge is 2.30. The van der Waals surface area contributed by atoms with Crippen molar-refractivity contribution in [3.8, 4) is 0 Å². The van der Waals surface area contributed by atoms with Crippen molar-refractivity contribution in [3.05, 3.63) is 113 Å². The van der Waals surface area contributed by atoms with Gasteiger partial charge in [-0.25, -0.2) is 4.98 Å². The SMILES string of the molecule is Cc1csc(N(C(=O)C(c2ccccc2)c2ccccc2)c2ccccc2)n1. The van der Waals surface area contributed by atoms with Gasteiger partial charge in [-0.15, -0.1) is 11.3 Å². The van der Waals surface area contributed by atoms with Gasteiger partial charge in [0.05, 0.1) is 17.3 Å². The van der Waals surface area contributed by atoms with Crippen LogP contribution in [-0.2, 0) is 4.79 Å². The molecule has 1 heterocycles. The maximum absolute atomic E-state index is 13.9.